The lowest BCUT2D eigenvalue weighted by molar-refractivity contribution is 1.06. The van der Waals surface area contributed by atoms with Crippen LogP contribution < -0.4 is 4.90 Å². The first kappa shape index (κ1) is 17.9. The van der Waals surface area contributed by atoms with Crippen LogP contribution in [0.1, 0.15) is 22.5 Å². The minimum atomic E-state index is 0.762. The van der Waals surface area contributed by atoms with Crippen molar-refractivity contribution in [1.29, 1.82) is 0 Å². The van der Waals surface area contributed by atoms with Gasteiger partial charge in [-0.3, -0.25) is 0 Å². The molecule has 0 bridgehead atoms. The second-order valence-electron chi connectivity index (χ2n) is 7.03. The van der Waals surface area contributed by atoms with Crippen LogP contribution in [-0.2, 0) is 6.42 Å². The highest BCUT2D eigenvalue weighted by atomic mass is 15.1. The summed E-state index contributed by atoms with van der Waals surface area (Å²) in [6.07, 6.45) is 4.94. The summed E-state index contributed by atoms with van der Waals surface area (Å²) in [4.78, 5) is 11.9. The van der Waals surface area contributed by atoms with E-state index in [9.17, 15) is 0 Å². The zero-order valence-corrected chi connectivity index (χ0v) is 16.2. The summed E-state index contributed by atoms with van der Waals surface area (Å²) in [7, 11) is 4.09. The first-order valence-corrected chi connectivity index (χ1v) is 9.44. The van der Waals surface area contributed by atoms with Crippen LogP contribution in [0.5, 0.6) is 0 Å². The van der Waals surface area contributed by atoms with E-state index < -0.39 is 0 Å². The maximum Gasteiger partial charge on any atom is 0.0894 e. The molecule has 0 aliphatic rings. The summed E-state index contributed by atoms with van der Waals surface area (Å²) in [5.74, 6) is 0. The summed E-state index contributed by atoms with van der Waals surface area (Å²) in [5, 5.41) is 0. The van der Waals surface area contributed by atoms with Crippen LogP contribution in [0.3, 0.4) is 0 Å². The third-order valence-electron chi connectivity index (χ3n) is 4.73. The number of nitrogens with zero attached hydrogens (tertiary/aromatic N) is 3. The fourth-order valence-electron chi connectivity index (χ4n) is 3.16. The quantitative estimate of drug-likeness (QED) is 0.470. The van der Waals surface area contributed by atoms with Gasteiger partial charge in [-0.05, 0) is 41.5 Å². The Labute approximate surface area is 166 Å². The van der Waals surface area contributed by atoms with E-state index >= 15 is 0 Å². The van der Waals surface area contributed by atoms with Crippen LogP contribution in [0.2, 0.25) is 0 Å². The Hall–Kier alpha value is -3.46. The van der Waals surface area contributed by atoms with Crippen LogP contribution in [0, 0.1) is 0 Å². The van der Waals surface area contributed by atoms with Crippen LogP contribution in [0.25, 0.3) is 23.2 Å². The van der Waals surface area contributed by atoms with Gasteiger partial charge in [0.2, 0.25) is 0 Å². The van der Waals surface area contributed by atoms with Crippen LogP contribution in [0.15, 0.2) is 78.9 Å². The van der Waals surface area contributed by atoms with E-state index in [1.165, 1.54) is 11.3 Å². The number of rotatable bonds is 5. The number of fused-ring (bicyclic) bond motifs is 1. The predicted molar refractivity (Wildman–Crippen MR) is 118 cm³/mol. The summed E-state index contributed by atoms with van der Waals surface area (Å²) >= 11 is 0. The molecule has 4 aromatic rings. The molecule has 3 aromatic carbocycles. The molecule has 0 aliphatic carbocycles. The van der Waals surface area contributed by atoms with Crippen molar-refractivity contribution in [2.75, 3.05) is 19.0 Å². The van der Waals surface area contributed by atoms with E-state index in [4.69, 9.17) is 9.97 Å². The topological polar surface area (TPSA) is 29.0 Å². The Morgan fingerprint density at radius 2 is 1.36 bits per heavy atom. The number of hydrogen-bond acceptors (Lipinski definition) is 3. The van der Waals surface area contributed by atoms with Crippen LogP contribution in [-0.4, -0.2) is 24.1 Å². The van der Waals surface area contributed by atoms with Gasteiger partial charge in [-0.2, -0.15) is 0 Å². The third-order valence-corrected chi connectivity index (χ3v) is 4.73. The molecule has 1 heterocycles. The van der Waals surface area contributed by atoms with E-state index in [0.717, 1.165) is 34.4 Å². The van der Waals surface area contributed by atoms with Crippen LogP contribution in [0.4, 0.5) is 5.69 Å². The molecule has 3 nitrogen and oxygen atoms in total. The van der Waals surface area contributed by atoms with E-state index in [2.05, 4.69) is 65.6 Å². The lowest BCUT2D eigenvalue weighted by atomic mass is 10.1. The van der Waals surface area contributed by atoms with Crippen molar-refractivity contribution in [2.45, 2.75) is 6.42 Å². The molecule has 0 saturated heterocycles. The fraction of sp³-hybridized carbons (Fsp3) is 0.120. The van der Waals surface area contributed by atoms with Crippen molar-refractivity contribution in [3.05, 3.63) is 101 Å². The van der Waals surface area contributed by atoms with Crippen molar-refractivity contribution in [3.8, 4) is 0 Å². The zero-order chi connectivity index (χ0) is 19.3. The monoisotopic (exact) mass is 365 g/mol. The van der Waals surface area contributed by atoms with Crippen molar-refractivity contribution in [2.24, 2.45) is 0 Å². The highest BCUT2D eigenvalue weighted by molar-refractivity contribution is 5.78. The van der Waals surface area contributed by atoms with Gasteiger partial charge >= 0.3 is 0 Å². The standard InChI is InChI=1S/C25H23N3/c1-28(2)21-15-12-19(13-16-21)14-17-24-25(18-20-8-4-3-5-9-20)27-23-11-7-6-10-22(23)26-24/h3-17H,18H2,1-2H3. The van der Waals surface area contributed by atoms with Gasteiger partial charge in [-0.15, -0.1) is 0 Å². The van der Waals surface area contributed by atoms with E-state index in [1.54, 1.807) is 0 Å². The molecule has 0 spiro atoms. The van der Waals surface area contributed by atoms with E-state index in [0.29, 0.717) is 0 Å². The Kier molecular flexibility index (Phi) is 5.16. The molecule has 138 valence electrons. The Morgan fingerprint density at radius 1 is 0.714 bits per heavy atom. The highest BCUT2D eigenvalue weighted by Gasteiger charge is 2.08. The number of hydrogen-bond donors (Lipinski definition) is 0. The van der Waals surface area contributed by atoms with Crippen molar-refractivity contribution < 1.29 is 0 Å². The lowest BCUT2D eigenvalue weighted by Crippen LogP contribution is -2.07. The van der Waals surface area contributed by atoms with Gasteiger partial charge in [0.15, 0.2) is 0 Å². The highest BCUT2D eigenvalue weighted by Crippen LogP contribution is 2.19. The molecule has 0 aliphatic heterocycles. The van der Waals surface area contributed by atoms with Gasteiger partial charge in [0.1, 0.15) is 0 Å². The largest absolute Gasteiger partial charge is 0.378 e. The van der Waals surface area contributed by atoms with Gasteiger partial charge < -0.3 is 4.90 Å². The smallest absolute Gasteiger partial charge is 0.0894 e. The maximum atomic E-state index is 4.90. The minimum absolute atomic E-state index is 0.762. The van der Waals surface area contributed by atoms with Gasteiger partial charge in [0.05, 0.1) is 22.4 Å². The molecule has 4 rings (SSSR count). The first-order valence-electron chi connectivity index (χ1n) is 9.44. The average Bonchev–Trinajstić information content (AvgIpc) is 2.73. The maximum absolute atomic E-state index is 4.90. The molecule has 0 amide bonds. The van der Waals surface area contributed by atoms with Gasteiger partial charge in [0, 0.05) is 26.2 Å². The van der Waals surface area contributed by atoms with Gasteiger partial charge in [0.25, 0.3) is 0 Å². The molecule has 0 saturated carbocycles. The Balaban J connectivity index is 1.70. The molecule has 1 aromatic heterocycles. The SMILES string of the molecule is CN(C)c1ccc(C=Cc2nc3ccccc3nc2Cc2ccccc2)cc1. The van der Waals surface area contributed by atoms with Crippen molar-refractivity contribution in [1.82, 2.24) is 9.97 Å². The third kappa shape index (κ3) is 4.09. The normalized spacial score (nSPS) is 11.2. The first-order chi connectivity index (χ1) is 13.7. The second-order valence-corrected chi connectivity index (χ2v) is 7.03. The zero-order valence-electron chi connectivity index (χ0n) is 16.2. The molecular formula is C25H23N3. The summed E-state index contributed by atoms with van der Waals surface area (Å²) < 4.78 is 0. The van der Waals surface area contributed by atoms with Crippen molar-refractivity contribution >= 4 is 28.9 Å². The van der Waals surface area contributed by atoms with E-state index in [-0.39, 0.29) is 0 Å². The number of anilines is 1. The molecule has 0 unspecified atom stereocenters. The molecule has 3 heteroatoms. The number of benzene rings is 3. The summed E-state index contributed by atoms with van der Waals surface area (Å²) in [6, 6.07) is 26.9. The molecule has 0 fully saturated rings. The van der Waals surface area contributed by atoms with Gasteiger partial charge in [-0.25, -0.2) is 9.97 Å². The lowest BCUT2D eigenvalue weighted by Gasteiger charge is -2.11. The second kappa shape index (κ2) is 8.05. The van der Waals surface area contributed by atoms with E-state index in [1.807, 2.05) is 44.4 Å². The fourth-order valence-corrected chi connectivity index (χ4v) is 3.16. The summed E-state index contributed by atoms with van der Waals surface area (Å²) in [6.45, 7) is 0. The Bertz CT molecular complexity index is 1100. The van der Waals surface area contributed by atoms with Crippen molar-refractivity contribution in [3.63, 3.8) is 0 Å². The summed E-state index contributed by atoms with van der Waals surface area (Å²) in [5.41, 5.74) is 7.32. The number of para-hydroxylation sites is 2. The predicted octanol–water partition coefficient (Wildman–Crippen LogP) is 5.46. The van der Waals surface area contributed by atoms with Gasteiger partial charge in [-0.1, -0.05) is 60.7 Å². The Morgan fingerprint density at radius 3 is 2.04 bits per heavy atom. The molecule has 0 N–H and O–H groups in total. The van der Waals surface area contributed by atoms with Crippen LogP contribution >= 0.6 is 0 Å². The molecule has 28 heavy (non-hydrogen) atoms. The number of aromatic nitrogens is 2. The molecule has 0 radical (unpaired) electrons. The minimum Gasteiger partial charge on any atom is -0.378 e. The molecule has 0 atom stereocenters. The molecular weight excluding hydrogens is 342 g/mol. The average molecular weight is 365 g/mol.